The maximum Gasteiger partial charge on any atom is 0.295 e. The van der Waals surface area contributed by atoms with Crippen LogP contribution in [0.4, 0.5) is 0 Å². The first-order valence-corrected chi connectivity index (χ1v) is 11.5. The molecule has 2 amide bonds. The standard InChI is InChI=1S/C25H25N7O4/c1-15-13-30(9-10-31(15)24(34)17-7-5-4-6-8-17)25(35)22(33)18-11-26-21-20(18)19(36-3)12-27-23(21)32-14-28-16(2)29-32/h4-8,11-12,14-15,26H,9-10,13H2,1-3H3/t15-/m0/s1. The number of pyridine rings is 1. The van der Waals surface area contributed by atoms with Crippen molar-refractivity contribution < 1.29 is 19.1 Å². The van der Waals surface area contributed by atoms with E-state index in [1.54, 1.807) is 24.0 Å². The summed E-state index contributed by atoms with van der Waals surface area (Å²) in [6.07, 6.45) is 4.50. The molecule has 0 saturated carbocycles. The maximum absolute atomic E-state index is 13.4. The summed E-state index contributed by atoms with van der Waals surface area (Å²) < 4.78 is 6.94. The molecular formula is C25H25N7O4. The van der Waals surface area contributed by atoms with Gasteiger partial charge in [-0.25, -0.2) is 14.6 Å². The van der Waals surface area contributed by atoms with Gasteiger partial charge >= 0.3 is 0 Å². The van der Waals surface area contributed by atoms with Crippen molar-refractivity contribution in [1.82, 2.24) is 34.5 Å². The van der Waals surface area contributed by atoms with Crippen LogP contribution in [0.3, 0.4) is 0 Å². The first kappa shape index (κ1) is 23.2. The van der Waals surface area contributed by atoms with E-state index in [2.05, 4.69) is 20.1 Å². The molecule has 4 heterocycles. The smallest absolute Gasteiger partial charge is 0.295 e. The molecule has 0 aliphatic carbocycles. The number of ether oxygens (including phenoxy) is 1. The molecule has 1 atom stereocenters. The molecule has 1 aromatic carbocycles. The summed E-state index contributed by atoms with van der Waals surface area (Å²) in [6.45, 7) is 4.49. The van der Waals surface area contributed by atoms with Crippen molar-refractivity contribution in [3.8, 4) is 11.6 Å². The Morgan fingerprint density at radius 3 is 2.56 bits per heavy atom. The highest BCUT2D eigenvalue weighted by Gasteiger charge is 2.34. The summed E-state index contributed by atoms with van der Waals surface area (Å²) in [5, 5.41) is 4.74. The molecule has 5 rings (SSSR count). The van der Waals surface area contributed by atoms with E-state index in [4.69, 9.17) is 4.74 Å². The van der Waals surface area contributed by atoms with Gasteiger partial charge < -0.3 is 19.5 Å². The number of benzene rings is 1. The minimum atomic E-state index is -0.665. The Kier molecular flexibility index (Phi) is 5.96. The van der Waals surface area contributed by atoms with E-state index in [1.165, 1.54) is 35.4 Å². The lowest BCUT2D eigenvalue weighted by Gasteiger charge is -2.39. The highest BCUT2D eigenvalue weighted by atomic mass is 16.5. The number of hydrogen-bond acceptors (Lipinski definition) is 7. The third-order valence-corrected chi connectivity index (χ3v) is 6.33. The molecule has 1 N–H and O–H groups in total. The Balaban J connectivity index is 1.39. The van der Waals surface area contributed by atoms with E-state index in [1.807, 2.05) is 25.1 Å². The SMILES string of the molecule is COc1cnc(-n2cnc(C)n2)c2[nH]cc(C(=O)C(=O)N3CCN(C(=O)c4ccccc4)[C@@H](C)C3)c12. The van der Waals surface area contributed by atoms with Gasteiger partial charge in [0, 0.05) is 37.4 Å². The predicted molar refractivity (Wildman–Crippen MR) is 130 cm³/mol. The van der Waals surface area contributed by atoms with E-state index in [0.717, 1.165) is 0 Å². The van der Waals surface area contributed by atoms with Crippen molar-refractivity contribution in [3.05, 3.63) is 66.0 Å². The van der Waals surface area contributed by atoms with Crippen molar-refractivity contribution in [2.45, 2.75) is 19.9 Å². The number of piperazine rings is 1. The summed E-state index contributed by atoms with van der Waals surface area (Å²) in [7, 11) is 1.48. The molecule has 11 nitrogen and oxygen atoms in total. The van der Waals surface area contributed by atoms with Crippen LogP contribution in [0.15, 0.2) is 49.1 Å². The molecule has 184 valence electrons. The number of H-pyrrole nitrogens is 1. The average Bonchev–Trinajstić information content (AvgIpc) is 3.54. The second-order valence-electron chi connectivity index (χ2n) is 8.63. The molecule has 1 aliphatic rings. The first-order valence-electron chi connectivity index (χ1n) is 11.5. The summed E-state index contributed by atoms with van der Waals surface area (Å²) in [5.74, 6) is -0.0358. The normalized spacial score (nSPS) is 15.8. The molecule has 0 bridgehead atoms. The lowest BCUT2D eigenvalue weighted by molar-refractivity contribution is -0.128. The van der Waals surface area contributed by atoms with E-state index in [9.17, 15) is 14.4 Å². The topological polar surface area (TPSA) is 126 Å². The van der Waals surface area contributed by atoms with Crippen LogP contribution in [0, 0.1) is 6.92 Å². The number of carbonyl (C=O) groups is 3. The first-order chi connectivity index (χ1) is 17.4. The zero-order valence-corrected chi connectivity index (χ0v) is 20.1. The van der Waals surface area contributed by atoms with Crippen molar-refractivity contribution in [2.75, 3.05) is 26.7 Å². The monoisotopic (exact) mass is 487 g/mol. The molecule has 4 aromatic rings. The fourth-order valence-corrected chi connectivity index (χ4v) is 4.51. The van der Waals surface area contributed by atoms with Gasteiger partial charge in [-0.2, -0.15) is 5.10 Å². The number of fused-ring (bicyclic) bond motifs is 1. The molecule has 11 heteroatoms. The Bertz CT molecular complexity index is 1460. The van der Waals surface area contributed by atoms with E-state index in [-0.39, 0.29) is 30.6 Å². The van der Waals surface area contributed by atoms with Gasteiger partial charge in [0.25, 0.3) is 17.6 Å². The van der Waals surface area contributed by atoms with E-state index in [0.29, 0.717) is 40.4 Å². The fraction of sp³-hybridized carbons (Fsp3) is 0.280. The van der Waals surface area contributed by atoms with Crippen LogP contribution in [0.5, 0.6) is 5.75 Å². The van der Waals surface area contributed by atoms with Gasteiger partial charge in [0.2, 0.25) is 0 Å². The van der Waals surface area contributed by atoms with Crippen LogP contribution >= 0.6 is 0 Å². The number of ketones is 1. The Hall–Kier alpha value is -4.54. The number of hydrogen-bond donors (Lipinski definition) is 1. The molecule has 3 aromatic heterocycles. The highest BCUT2D eigenvalue weighted by Crippen LogP contribution is 2.32. The van der Waals surface area contributed by atoms with Crippen molar-refractivity contribution in [2.24, 2.45) is 0 Å². The number of rotatable bonds is 5. The molecular weight excluding hydrogens is 462 g/mol. The lowest BCUT2D eigenvalue weighted by atomic mass is 10.1. The summed E-state index contributed by atoms with van der Waals surface area (Å²) in [6, 6.07) is 8.78. The van der Waals surface area contributed by atoms with Crippen molar-refractivity contribution in [1.29, 1.82) is 0 Å². The third-order valence-electron chi connectivity index (χ3n) is 6.33. The van der Waals surface area contributed by atoms with Crippen LogP contribution in [-0.4, -0.2) is 84.9 Å². The van der Waals surface area contributed by atoms with Crippen LogP contribution < -0.4 is 4.74 Å². The minimum absolute atomic E-state index is 0.0914. The molecule has 0 spiro atoms. The number of aromatic amines is 1. The quantitative estimate of drug-likeness (QED) is 0.337. The predicted octanol–water partition coefficient (Wildman–Crippen LogP) is 2.02. The second-order valence-corrected chi connectivity index (χ2v) is 8.63. The number of aryl methyl sites for hydroxylation is 1. The summed E-state index contributed by atoms with van der Waals surface area (Å²) in [5.41, 5.74) is 1.28. The van der Waals surface area contributed by atoms with Crippen molar-refractivity contribution >= 4 is 28.5 Å². The fourth-order valence-electron chi connectivity index (χ4n) is 4.51. The highest BCUT2D eigenvalue weighted by molar-refractivity contribution is 6.45. The number of methoxy groups -OCH3 is 1. The molecule has 1 aliphatic heterocycles. The van der Waals surface area contributed by atoms with E-state index >= 15 is 0 Å². The maximum atomic E-state index is 13.4. The largest absolute Gasteiger partial charge is 0.494 e. The summed E-state index contributed by atoms with van der Waals surface area (Å²) >= 11 is 0. The zero-order chi connectivity index (χ0) is 25.4. The number of aromatic nitrogens is 5. The number of Topliss-reactive ketones (excluding diaryl/α,β-unsaturated/α-hetero) is 1. The molecule has 0 radical (unpaired) electrons. The molecule has 36 heavy (non-hydrogen) atoms. The van der Waals surface area contributed by atoms with Gasteiger partial charge in [0.15, 0.2) is 5.82 Å². The number of nitrogens with one attached hydrogen (secondary N) is 1. The molecule has 0 unspecified atom stereocenters. The van der Waals surface area contributed by atoms with Gasteiger partial charge in [-0.3, -0.25) is 14.4 Å². The van der Waals surface area contributed by atoms with Crippen LogP contribution in [0.1, 0.15) is 33.5 Å². The lowest BCUT2D eigenvalue weighted by Crippen LogP contribution is -2.56. The van der Waals surface area contributed by atoms with Gasteiger partial charge in [0.1, 0.15) is 17.9 Å². The number of carbonyl (C=O) groups excluding carboxylic acids is 3. The Morgan fingerprint density at radius 2 is 1.89 bits per heavy atom. The van der Waals surface area contributed by atoms with Crippen LogP contribution in [-0.2, 0) is 4.79 Å². The molecule has 1 fully saturated rings. The second kappa shape index (κ2) is 9.25. The number of nitrogens with zero attached hydrogens (tertiary/aromatic N) is 6. The van der Waals surface area contributed by atoms with Gasteiger partial charge in [-0.1, -0.05) is 18.2 Å². The van der Waals surface area contributed by atoms with Crippen molar-refractivity contribution in [3.63, 3.8) is 0 Å². The summed E-state index contributed by atoms with van der Waals surface area (Å²) in [4.78, 5) is 54.3. The van der Waals surface area contributed by atoms with Gasteiger partial charge in [0.05, 0.1) is 29.8 Å². The van der Waals surface area contributed by atoms with Gasteiger partial charge in [-0.05, 0) is 26.0 Å². The zero-order valence-electron chi connectivity index (χ0n) is 20.1. The van der Waals surface area contributed by atoms with E-state index < -0.39 is 11.7 Å². The average molecular weight is 488 g/mol. The van der Waals surface area contributed by atoms with Crippen LogP contribution in [0.25, 0.3) is 16.7 Å². The Morgan fingerprint density at radius 1 is 1.11 bits per heavy atom. The van der Waals surface area contributed by atoms with Gasteiger partial charge in [-0.15, -0.1) is 0 Å². The van der Waals surface area contributed by atoms with Crippen LogP contribution in [0.2, 0.25) is 0 Å². The third kappa shape index (κ3) is 3.98. The Labute approximate surface area is 206 Å². The minimum Gasteiger partial charge on any atom is -0.494 e. The molecule has 1 saturated heterocycles. The number of amides is 2.